The molecule has 0 aromatic heterocycles. The fourth-order valence-corrected chi connectivity index (χ4v) is 10.5. The number of aliphatic hydroxyl groups is 2. The van der Waals surface area contributed by atoms with Crippen molar-refractivity contribution in [3.8, 4) is 0 Å². The molecule has 0 aromatic rings. The number of hydrogen-bond donors (Lipinski definition) is 5. The minimum Gasteiger partial charge on any atom is -0.550 e. The molecule has 238 valence electrons. The molecule has 0 spiro atoms. The number of aliphatic carboxylic acids is 1. The number of nitrogens with one attached hydrogen (secondary N) is 2. The van der Waals surface area contributed by atoms with Crippen LogP contribution in [0.2, 0.25) is 0 Å². The summed E-state index contributed by atoms with van der Waals surface area (Å²) in [5.74, 6) is 1.09. The summed E-state index contributed by atoms with van der Waals surface area (Å²) in [6.45, 7) is 13.1. The zero-order valence-electron chi connectivity index (χ0n) is 26.7. The first-order valence-corrected chi connectivity index (χ1v) is 17.3. The quantitative estimate of drug-likeness (QED) is 0.190. The molecule has 4 rings (SSSR count). The van der Waals surface area contributed by atoms with Crippen LogP contribution in [0.25, 0.3) is 0 Å². The summed E-state index contributed by atoms with van der Waals surface area (Å²) in [7, 11) is 0. The molecule has 41 heavy (non-hydrogen) atoms. The second-order valence-corrected chi connectivity index (χ2v) is 15.3. The van der Waals surface area contributed by atoms with Gasteiger partial charge in [0.1, 0.15) is 0 Å². The van der Waals surface area contributed by atoms with Gasteiger partial charge in [-0.2, -0.15) is 0 Å². The van der Waals surface area contributed by atoms with Crippen LogP contribution < -0.4 is 21.5 Å². The van der Waals surface area contributed by atoms with Crippen molar-refractivity contribution >= 4 is 5.97 Å². The van der Waals surface area contributed by atoms with E-state index in [-0.39, 0.29) is 23.0 Å². The highest BCUT2D eigenvalue weighted by atomic mass is 16.4. The number of aliphatic hydroxyl groups excluding tert-OH is 2. The molecule has 0 saturated heterocycles. The number of carbonyl (C=O) groups excluding carboxylic acids is 1. The fraction of sp³-hybridized carbons (Fsp3) is 0.971. The standard InChI is InChI=1S/C34H63N3O4/c1-22(9-7-10-23(2)32(40)41)26-11-12-27-31-28(21-30(39)34(26,27)4)33(3)14-13-25(19-24(33)20-29(31)38)37-18-8-17-36-16-6-5-15-35/h22-31,36-39H,5-21,35H2,1-4H3,(H,40,41)/t22-,23?,24-,25+,26-,27?,28?,29-,30?,31?,33+,34-/m1/s1. The predicted molar refractivity (Wildman–Crippen MR) is 161 cm³/mol. The first-order chi connectivity index (χ1) is 19.5. The molecule has 4 saturated carbocycles. The van der Waals surface area contributed by atoms with Crippen LogP contribution in [0.5, 0.6) is 0 Å². The van der Waals surface area contributed by atoms with Crippen molar-refractivity contribution in [1.82, 2.24) is 10.6 Å². The highest BCUT2D eigenvalue weighted by Gasteiger charge is 2.65. The van der Waals surface area contributed by atoms with Crippen molar-refractivity contribution in [3.63, 3.8) is 0 Å². The molecule has 4 fully saturated rings. The average Bonchev–Trinajstić information content (AvgIpc) is 3.29. The molecular formula is C34H63N3O4. The fourth-order valence-electron chi connectivity index (χ4n) is 10.5. The zero-order valence-corrected chi connectivity index (χ0v) is 26.7. The Labute approximate surface area is 250 Å². The van der Waals surface area contributed by atoms with Gasteiger partial charge in [-0.15, -0.1) is 0 Å². The number of fused-ring (bicyclic) bond motifs is 5. The molecule has 0 amide bonds. The second-order valence-electron chi connectivity index (χ2n) is 15.3. The summed E-state index contributed by atoms with van der Waals surface area (Å²) in [5, 5.41) is 42.2. The van der Waals surface area contributed by atoms with Gasteiger partial charge in [0.15, 0.2) is 0 Å². The van der Waals surface area contributed by atoms with Crippen molar-refractivity contribution in [2.24, 2.45) is 52.3 Å². The summed E-state index contributed by atoms with van der Waals surface area (Å²) in [5.41, 5.74) is 3.95. The Morgan fingerprint density at radius 2 is 1.71 bits per heavy atom. The lowest BCUT2D eigenvalue weighted by atomic mass is 9.43. The number of rotatable bonds is 15. The van der Waals surface area contributed by atoms with E-state index in [2.05, 4.69) is 37.1 Å². The summed E-state index contributed by atoms with van der Waals surface area (Å²) >= 11 is 0. The SMILES string of the molecule is CC(CCC[C@@H](C)[C@H]1CCC2C3C(CC(O)[C@@]21C)[C@@]1(C)CC[C@H](NCCCNCCCC[NH3+])C[C@@H]1C[C@H]3O)C(=O)[O-]. The van der Waals surface area contributed by atoms with Crippen LogP contribution in [0.15, 0.2) is 0 Å². The van der Waals surface area contributed by atoms with Gasteiger partial charge in [-0.25, -0.2) is 0 Å². The molecule has 0 radical (unpaired) electrons. The largest absolute Gasteiger partial charge is 0.550 e. The zero-order chi connectivity index (χ0) is 29.8. The Morgan fingerprint density at radius 1 is 0.951 bits per heavy atom. The van der Waals surface area contributed by atoms with Crippen LogP contribution in [-0.4, -0.2) is 60.6 Å². The Kier molecular flexibility index (Phi) is 11.6. The Hall–Kier alpha value is -0.730. The number of hydrogen-bond acceptors (Lipinski definition) is 6. The van der Waals surface area contributed by atoms with Crippen molar-refractivity contribution < 1.29 is 25.8 Å². The van der Waals surface area contributed by atoms with E-state index in [4.69, 9.17) is 0 Å². The Morgan fingerprint density at radius 3 is 2.44 bits per heavy atom. The lowest BCUT2D eigenvalue weighted by Gasteiger charge is -2.63. The molecular weight excluding hydrogens is 514 g/mol. The second kappa shape index (κ2) is 14.4. The number of carbonyl (C=O) groups is 1. The minimum absolute atomic E-state index is 0.162. The lowest BCUT2D eigenvalue weighted by molar-refractivity contribution is -0.368. The smallest absolute Gasteiger partial charge is 0.0740 e. The van der Waals surface area contributed by atoms with E-state index in [0.717, 1.165) is 77.5 Å². The van der Waals surface area contributed by atoms with Gasteiger partial charge in [0.05, 0.1) is 18.8 Å². The predicted octanol–water partition coefficient (Wildman–Crippen LogP) is 2.74. The van der Waals surface area contributed by atoms with E-state index in [1.165, 1.54) is 25.7 Å². The van der Waals surface area contributed by atoms with Gasteiger partial charge in [0, 0.05) is 12.0 Å². The molecule has 0 bridgehead atoms. The molecule has 4 aliphatic carbocycles. The summed E-state index contributed by atoms with van der Waals surface area (Å²) in [4.78, 5) is 11.2. The number of carboxylic acid groups (broad SMARTS) is 1. The van der Waals surface area contributed by atoms with E-state index in [0.29, 0.717) is 48.0 Å². The van der Waals surface area contributed by atoms with Crippen molar-refractivity contribution in [1.29, 1.82) is 0 Å². The molecule has 4 aliphatic rings. The van der Waals surface area contributed by atoms with E-state index < -0.39 is 11.9 Å². The van der Waals surface area contributed by atoms with Gasteiger partial charge in [-0.1, -0.05) is 40.5 Å². The van der Waals surface area contributed by atoms with E-state index >= 15 is 0 Å². The molecule has 0 aliphatic heterocycles. The first kappa shape index (κ1) is 33.2. The number of unbranched alkanes of at least 4 members (excludes halogenated alkanes) is 1. The van der Waals surface area contributed by atoms with Crippen molar-refractivity contribution in [3.05, 3.63) is 0 Å². The summed E-state index contributed by atoms with van der Waals surface area (Å²) in [6, 6.07) is 0.540. The third-order valence-electron chi connectivity index (χ3n) is 13.1. The highest BCUT2D eigenvalue weighted by molar-refractivity contribution is 5.66. The maximum Gasteiger partial charge on any atom is 0.0740 e. The Balaban J connectivity index is 1.33. The topological polar surface area (TPSA) is 132 Å². The first-order valence-electron chi connectivity index (χ1n) is 17.3. The third-order valence-corrected chi connectivity index (χ3v) is 13.1. The third kappa shape index (κ3) is 7.00. The van der Waals surface area contributed by atoms with Gasteiger partial charge in [-0.3, -0.25) is 0 Å². The van der Waals surface area contributed by atoms with Gasteiger partial charge in [0.25, 0.3) is 0 Å². The van der Waals surface area contributed by atoms with E-state index in [9.17, 15) is 20.1 Å². The van der Waals surface area contributed by atoms with Gasteiger partial charge >= 0.3 is 0 Å². The highest BCUT2D eigenvalue weighted by Crippen LogP contribution is 2.68. The van der Waals surface area contributed by atoms with Crippen LogP contribution in [0.3, 0.4) is 0 Å². The minimum atomic E-state index is -0.953. The lowest BCUT2D eigenvalue weighted by Crippen LogP contribution is -2.62. The molecule has 7 nitrogen and oxygen atoms in total. The number of carboxylic acids is 1. The maximum atomic E-state index is 11.9. The Bertz CT molecular complexity index is 843. The van der Waals surface area contributed by atoms with Crippen LogP contribution in [-0.2, 0) is 4.79 Å². The molecule has 0 aromatic carbocycles. The monoisotopic (exact) mass is 577 g/mol. The van der Waals surface area contributed by atoms with Crippen molar-refractivity contribution in [2.45, 2.75) is 129 Å². The normalized spacial score (nSPS) is 41.7. The average molecular weight is 578 g/mol. The summed E-state index contributed by atoms with van der Waals surface area (Å²) in [6.07, 6.45) is 13.0. The summed E-state index contributed by atoms with van der Waals surface area (Å²) < 4.78 is 0. The van der Waals surface area contributed by atoms with E-state index in [1.54, 1.807) is 6.92 Å². The van der Waals surface area contributed by atoms with Crippen molar-refractivity contribution in [2.75, 3.05) is 26.2 Å². The molecule has 7 N–H and O–H groups in total. The van der Waals surface area contributed by atoms with E-state index in [1.807, 2.05) is 0 Å². The van der Waals surface area contributed by atoms with Gasteiger partial charge in [-0.05, 0) is 143 Å². The van der Waals surface area contributed by atoms with Gasteiger partial charge < -0.3 is 36.5 Å². The number of quaternary nitrogens is 1. The molecule has 5 unspecified atom stereocenters. The van der Waals surface area contributed by atoms with Crippen LogP contribution in [0.4, 0.5) is 0 Å². The van der Waals surface area contributed by atoms with Crippen LogP contribution in [0, 0.1) is 52.3 Å². The molecule has 7 heteroatoms. The van der Waals surface area contributed by atoms with Gasteiger partial charge in [0.2, 0.25) is 0 Å². The molecule has 12 atom stereocenters. The molecule has 0 heterocycles. The van der Waals surface area contributed by atoms with Crippen LogP contribution >= 0.6 is 0 Å². The van der Waals surface area contributed by atoms with Crippen LogP contribution in [0.1, 0.15) is 111 Å². The maximum absolute atomic E-state index is 11.9.